The first-order chi connectivity index (χ1) is 15.3. The van der Waals surface area contributed by atoms with Crippen LogP contribution in [0.1, 0.15) is 82.9 Å². The number of amides is 1. The molecule has 1 aliphatic heterocycles. The SMILES string of the molecule is Cc1cc(Cc2cccc(F)c2)cc([C@H]2CCCN(C(=O)c3c(C(C)C)noc3C)C2)n1. The van der Waals surface area contributed by atoms with Crippen LogP contribution in [0.15, 0.2) is 40.9 Å². The maximum atomic E-state index is 13.6. The molecule has 3 aromatic rings. The van der Waals surface area contributed by atoms with Gasteiger partial charge in [-0.25, -0.2) is 4.39 Å². The summed E-state index contributed by atoms with van der Waals surface area (Å²) in [6.07, 6.45) is 2.56. The second-order valence-electron chi connectivity index (χ2n) is 9.09. The highest BCUT2D eigenvalue weighted by Crippen LogP contribution is 2.30. The average molecular weight is 436 g/mol. The van der Waals surface area contributed by atoms with E-state index in [0.29, 0.717) is 24.3 Å². The van der Waals surface area contributed by atoms with Crippen molar-refractivity contribution in [1.29, 1.82) is 0 Å². The molecule has 1 aliphatic rings. The van der Waals surface area contributed by atoms with Crippen LogP contribution >= 0.6 is 0 Å². The molecule has 32 heavy (non-hydrogen) atoms. The Morgan fingerprint density at radius 3 is 2.78 bits per heavy atom. The number of nitrogens with zero attached hydrogens (tertiary/aromatic N) is 3. The molecule has 0 spiro atoms. The molecule has 1 aromatic carbocycles. The first-order valence-corrected chi connectivity index (χ1v) is 11.3. The zero-order chi connectivity index (χ0) is 22.8. The Balaban J connectivity index is 1.55. The van der Waals surface area contributed by atoms with Crippen LogP contribution in [0.3, 0.4) is 0 Å². The van der Waals surface area contributed by atoms with E-state index >= 15 is 0 Å². The van der Waals surface area contributed by atoms with Crippen LogP contribution in [0.5, 0.6) is 0 Å². The van der Waals surface area contributed by atoms with Gasteiger partial charge in [0.1, 0.15) is 17.1 Å². The largest absolute Gasteiger partial charge is 0.361 e. The minimum Gasteiger partial charge on any atom is -0.361 e. The average Bonchev–Trinajstić information content (AvgIpc) is 3.14. The highest BCUT2D eigenvalue weighted by atomic mass is 19.1. The summed E-state index contributed by atoms with van der Waals surface area (Å²) < 4.78 is 18.9. The lowest BCUT2D eigenvalue weighted by atomic mass is 9.91. The Morgan fingerprint density at radius 1 is 1.22 bits per heavy atom. The van der Waals surface area contributed by atoms with E-state index < -0.39 is 0 Å². The third-order valence-electron chi connectivity index (χ3n) is 6.11. The molecule has 168 valence electrons. The Labute approximate surface area is 188 Å². The maximum Gasteiger partial charge on any atom is 0.259 e. The number of halogens is 1. The molecule has 4 rings (SSSR count). The van der Waals surface area contributed by atoms with Gasteiger partial charge in [-0.05, 0) is 74.4 Å². The van der Waals surface area contributed by atoms with Crippen molar-refractivity contribution < 1.29 is 13.7 Å². The maximum absolute atomic E-state index is 13.6. The number of carbonyl (C=O) groups is 1. The van der Waals surface area contributed by atoms with E-state index in [9.17, 15) is 9.18 Å². The summed E-state index contributed by atoms with van der Waals surface area (Å²) in [6, 6.07) is 10.9. The van der Waals surface area contributed by atoms with Gasteiger partial charge in [0.15, 0.2) is 0 Å². The van der Waals surface area contributed by atoms with Gasteiger partial charge in [-0.2, -0.15) is 0 Å². The van der Waals surface area contributed by atoms with E-state index in [-0.39, 0.29) is 23.6 Å². The molecule has 6 heteroatoms. The molecule has 2 aromatic heterocycles. The molecule has 3 heterocycles. The number of carbonyl (C=O) groups excluding carboxylic acids is 1. The van der Waals surface area contributed by atoms with Gasteiger partial charge < -0.3 is 9.42 Å². The Kier molecular flexibility index (Phi) is 6.40. The second kappa shape index (κ2) is 9.23. The quantitative estimate of drug-likeness (QED) is 0.526. The molecule has 0 N–H and O–H groups in total. The van der Waals surface area contributed by atoms with E-state index in [4.69, 9.17) is 9.51 Å². The molecule has 0 aliphatic carbocycles. The van der Waals surface area contributed by atoms with Crippen LogP contribution < -0.4 is 0 Å². The van der Waals surface area contributed by atoms with Crippen molar-refractivity contribution >= 4 is 5.91 Å². The van der Waals surface area contributed by atoms with Crippen molar-refractivity contribution in [3.05, 3.63) is 81.7 Å². The third-order valence-corrected chi connectivity index (χ3v) is 6.11. The number of piperidine rings is 1. The zero-order valence-electron chi connectivity index (χ0n) is 19.2. The highest BCUT2D eigenvalue weighted by Gasteiger charge is 2.31. The van der Waals surface area contributed by atoms with E-state index in [1.54, 1.807) is 19.1 Å². The summed E-state index contributed by atoms with van der Waals surface area (Å²) in [4.78, 5) is 20.1. The van der Waals surface area contributed by atoms with Crippen molar-refractivity contribution in [2.45, 2.75) is 58.8 Å². The van der Waals surface area contributed by atoms with E-state index in [0.717, 1.165) is 47.6 Å². The monoisotopic (exact) mass is 435 g/mol. The number of pyridine rings is 1. The number of benzene rings is 1. The molecule has 1 atom stereocenters. The van der Waals surface area contributed by atoms with Gasteiger partial charge in [0.25, 0.3) is 5.91 Å². The minimum absolute atomic E-state index is 0.00946. The van der Waals surface area contributed by atoms with Crippen molar-refractivity contribution in [2.75, 3.05) is 13.1 Å². The van der Waals surface area contributed by atoms with Crippen molar-refractivity contribution in [3.63, 3.8) is 0 Å². The van der Waals surface area contributed by atoms with Gasteiger partial charge in [-0.3, -0.25) is 9.78 Å². The van der Waals surface area contributed by atoms with Crippen LogP contribution in [-0.4, -0.2) is 34.0 Å². The number of hydrogen-bond donors (Lipinski definition) is 0. The van der Waals surface area contributed by atoms with Crippen LogP contribution in [0.4, 0.5) is 4.39 Å². The van der Waals surface area contributed by atoms with Gasteiger partial charge in [0, 0.05) is 30.4 Å². The molecule has 1 fully saturated rings. The number of rotatable bonds is 5. The Morgan fingerprint density at radius 2 is 2.03 bits per heavy atom. The molecule has 1 amide bonds. The molecule has 0 unspecified atom stereocenters. The van der Waals surface area contributed by atoms with Crippen LogP contribution in [0.25, 0.3) is 0 Å². The summed E-state index contributed by atoms with van der Waals surface area (Å²) in [6.45, 7) is 9.16. The van der Waals surface area contributed by atoms with Gasteiger partial charge in [-0.15, -0.1) is 0 Å². The molecule has 0 bridgehead atoms. The lowest BCUT2D eigenvalue weighted by Crippen LogP contribution is -2.40. The predicted molar refractivity (Wildman–Crippen MR) is 121 cm³/mol. The van der Waals surface area contributed by atoms with E-state index in [1.807, 2.05) is 31.7 Å². The fourth-order valence-electron chi connectivity index (χ4n) is 4.57. The summed E-state index contributed by atoms with van der Waals surface area (Å²) in [7, 11) is 0. The summed E-state index contributed by atoms with van der Waals surface area (Å²) in [5, 5.41) is 4.12. The van der Waals surface area contributed by atoms with Crippen molar-refractivity contribution in [1.82, 2.24) is 15.0 Å². The molecule has 0 radical (unpaired) electrons. The lowest BCUT2D eigenvalue weighted by Gasteiger charge is -2.33. The van der Waals surface area contributed by atoms with Crippen molar-refractivity contribution in [2.24, 2.45) is 0 Å². The molecule has 1 saturated heterocycles. The van der Waals surface area contributed by atoms with Gasteiger partial charge in [0.05, 0.1) is 5.69 Å². The lowest BCUT2D eigenvalue weighted by molar-refractivity contribution is 0.0702. The summed E-state index contributed by atoms with van der Waals surface area (Å²) in [5.41, 5.74) is 5.31. The Hall–Kier alpha value is -3.02. The van der Waals surface area contributed by atoms with Gasteiger partial charge in [-0.1, -0.05) is 31.1 Å². The summed E-state index contributed by atoms with van der Waals surface area (Å²) in [5.74, 6) is 0.633. The standard InChI is InChI=1S/C26H30FN3O2/c1-16(2)25-24(18(4)32-29-25)26(31)30-10-6-8-21(15-30)23-14-20(11-17(3)28-23)12-19-7-5-9-22(27)13-19/h5,7,9,11,13-14,16,21H,6,8,10,12,15H2,1-4H3/t21-/m0/s1. The first kappa shape index (κ1) is 22.2. The predicted octanol–water partition coefficient (Wildman–Crippen LogP) is 5.56. The topological polar surface area (TPSA) is 59.2 Å². The van der Waals surface area contributed by atoms with Crippen LogP contribution in [0, 0.1) is 19.7 Å². The number of aryl methyl sites for hydroxylation is 2. The second-order valence-corrected chi connectivity index (χ2v) is 9.09. The smallest absolute Gasteiger partial charge is 0.259 e. The van der Waals surface area contributed by atoms with E-state index in [1.165, 1.54) is 6.07 Å². The fraction of sp³-hybridized carbons (Fsp3) is 0.423. The third kappa shape index (κ3) is 4.74. The van der Waals surface area contributed by atoms with Crippen molar-refractivity contribution in [3.8, 4) is 0 Å². The van der Waals surface area contributed by atoms with Crippen LogP contribution in [0.2, 0.25) is 0 Å². The number of hydrogen-bond acceptors (Lipinski definition) is 4. The first-order valence-electron chi connectivity index (χ1n) is 11.3. The highest BCUT2D eigenvalue weighted by molar-refractivity contribution is 5.96. The Bertz CT molecular complexity index is 1120. The van der Waals surface area contributed by atoms with Gasteiger partial charge >= 0.3 is 0 Å². The summed E-state index contributed by atoms with van der Waals surface area (Å²) >= 11 is 0. The molecular formula is C26H30FN3O2. The van der Waals surface area contributed by atoms with Gasteiger partial charge in [0.2, 0.25) is 0 Å². The normalized spacial score (nSPS) is 16.6. The van der Waals surface area contributed by atoms with Crippen LogP contribution in [-0.2, 0) is 6.42 Å². The zero-order valence-corrected chi connectivity index (χ0v) is 19.2. The minimum atomic E-state index is -0.222. The molecule has 5 nitrogen and oxygen atoms in total. The number of aromatic nitrogens is 2. The number of likely N-dealkylation sites (tertiary alicyclic amines) is 1. The fourth-order valence-corrected chi connectivity index (χ4v) is 4.57. The van der Waals surface area contributed by atoms with E-state index in [2.05, 4.69) is 17.3 Å². The molecule has 0 saturated carbocycles. The molecular weight excluding hydrogens is 405 g/mol.